The summed E-state index contributed by atoms with van der Waals surface area (Å²) in [5, 5.41) is 7.84. The Bertz CT molecular complexity index is 733. The topological polar surface area (TPSA) is 62.2 Å². The standard InChI is InChI=1S/C17H22F3N5S.HI/c1-3-22-16(23-8-5-13-4-7-21-10-12(13)2)24-9-6-15-25-14(11-26-15)17(18,19)20;/h4,7,10-11H,3,5-6,8-9H2,1-2H3,(H2,22,23,24);1H. The smallest absolute Gasteiger partial charge is 0.357 e. The van der Waals surface area contributed by atoms with Gasteiger partial charge in [-0.25, -0.2) is 4.98 Å². The zero-order valence-electron chi connectivity index (χ0n) is 15.1. The number of pyridine rings is 1. The number of aromatic nitrogens is 2. The van der Waals surface area contributed by atoms with Crippen LogP contribution in [-0.2, 0) is 19.0 Å². The Morgan fingerprint density at radius 3 is 2.67 bits per heavy atom. The lowest BCUT2D eigenvalue weighted by atomic mass is 10.1. The number of rotatable bonds is 7. The molecule has 2 heterocycles. The van der Waals surface area contributed by atoms with Gasteiger partial charge in [0.2, 0.25) is 0 Å². The van der Waals surface area contributed by atoms with E-state index in [0.29, 0.717) is 37.0 Å². The van der Waals surface area contributed by atoms with E-state index in [9.17, 15) is 13.2 Å². The summed E-state index contributed by atoms with van der Waals surface area (Å²) in [4.78, 5) is 12.1. The molecule has 0 fully saturated rings. The highest BCUT2D eigenvalue weighted by atomic mass is 127. The zero-order valence-corrected chi connectivity index (χ0v) is 18.3. The molecule has 0 bridgehead atoms. The van der Waals surface area contributed by atoms with Gasteiger partial charge in [-0.1, -0.05) is 0 Å². The van der Waals surface area contributed by atoms with Gasteiger partial charge >= 0.3 is 6.18 Å². The van der Waals surface area contributed by atoms with Crippen molar-refractivity contribution in [3.63, 3.8) is 0 Å². The van der Waals surface area contributed by atoms with E-state index in [2.05, 4.69) is 25.6 Å². The maximum atomic E-state index is 12.6. The van der Waals surface area contributed by atoms with Crippen molar-refractivity contribution < 1.29 is 13.2 Å². The van der Waals surface area contributed by atoms with E-state index in [-0.39, 0.29) is 24.0 Å². The molecule has 0 aliphatic rings. The van der Waals surface area contributed by atoms with Gasteiger partial charge < -0.3 is 10.6 Å². The highest BCUT2D eigenvalue weighted by molar-refractivity contribution is 14.0. The summed E-state index contributed by atoms with van der Waals surface area (Å²) in [6.45, 7) is 5.75. The zero-order chi connectivity index (χ0) is 19.0. The van der Waals surface area contributed by atoms with Gasteiger partial charge in [0.05, 0.1) is 5.01 Å². The lowest BCUT2D eigenvalue weighted by Gasteiger charge is -2.12. The van der Waals surface area contributed by atoms with E-state index in [4.69, 9.17) is 0 Å². The first-order chi connectivity index (χ1) is 12.4. The summed E-state index contributed by atoms with van der Waals surface area (Å²) >= 11 is 1.01. The molecule has 0 spiro atoms. The first kappa shape index (κ1) is 23.6. The molecule has 10 heteroatoms. The number of guanidine groups is 1. The van der Waals surface area contributed by atoms with Gasteiger partial charge in [0, 0.05) is 43.8 Å². The van der Waals surface area contributed by atoms with E-state index in [1.54, 1.807) is 6.20 Å². The maximum Gasteiger partial charge on any atom is 0.434 e. The summed E-state index contributed by atoms with van der Waals surface area (Å²) < 4.78 is 37.7. The van der Waals surface area contributed by atoms with Crippen LogP contribution in [0.4, 0.5) is 13.2 Å². The van der Waals surface area contributed by atoms with E-state index in [1.165, 1.54) is 5.56 Å². The van der Waals surface area contributed by atoms with Crippen molar-refractivity contribution in [3.8, 4) is 0 Å². The lowest BCUT2D eigenvalue weighted by Crippen LogP contribution is -2.38. The van der Waals surface area contributed by atoms with Gasteiger partial charge in [0.1, 0.15) is 0 Å². The van der Waals surface area contributed by atoms with Crippen LogP contribution in [0.15, 0.2) is 28.8 Å². The highest BCUT2D eigenvalue weighted by Gasteiger charge is 2.33. The van der Waals surface area contributed by atoms with Crippen molar-refractivity contribution in [2.24, 2.45) is 4.99 Å². The fraction of sp³-hybridized carbons (Fsp3) is 0.471. The number of nitrogens with zero attached hydrogens (tertiary/aromatic N) is 3. The normalized spacial score (nSPS) is 11.8. The Morgan fingerprint density at radius 2 is 2.04 bits per heavy atom. The van der Waals surface area contributed by atoms with Crippen LogP contribution in [0.5, 0.6) is 0 Å². The number of aryl methyl sites for hydroxylation is 1. The molecular formula is C17H23F3IN5S. The summed E-state index contributed by atoms with van der Waals surface area (Å²) in [5.41, 5.74) is 1.52. The third-order valence-electron chi connectivity index (χ3n) is 3.61. The number of halogens is 4. The van der Waals surface area contributed by atoms with E-state index < -0.39 is 11.9 Å². The number of aliphatic imine (C=N–C) groups is 1. The molecule has 5 nitrogen and oxygen atoms in total. The first-order valence-electron chi connectivity index (χ1n) is 8.33. The Balaban J connectivity index is 0.00000364. The lowest BCUT2D eigenvalue weighted by molar-refractivity contribution is -0.140. The third kappa shape index (κ3) is 7.99. The molecule has 2 rings (SSSR count). The molecule has 0 aromatic carbocycles. The van der Waals surface area contributed by atoms with Gasteiger partial charge in [0.25, 0.3) is 0 Å². The molecule has 0 radical (unpaired) electrons. The van der Waals surface area contributed by atoms with Crippen LogP contribution in [0.25, 0.3) is 0 Å². The minimum absolute atomic E-state index is 0. The molecule has 0 unspecified atom stereocenters. The monoisotopic (exact) mass is 513 g/mol. The van der Waals surface area contributed by atoms with Gasteiger partial charge in [-0.15, -0.1) is 35.3 Å². The van der Waals surface area contributed by atoms with Crippen LogP contribution in [0.1, 0.15) is 28.8 Å². The average molecular weight is 513 g/mol. The summed E-state index contributed by atoms with van der Waals surface area (Å²) in [6, 6.07) is 1.99. The Hall–Kier alpha value is -1.43. The second kappa shape index (κ2) is 11.4. The predicted molar refractivity (Wildman–Crippen MR) is 113 cm³/mol. The van der Waals surface area contributed by atoms with Crippen LogP contribution in [0.2, 0.25) is 0 Å². The summed E-state index contributed by atoms with van der Waals surface area (Å²) in [6.07, 6.45) is 0.420. The van der Waals surface area contributed by atoms with E-state index >= 15 is 0 Å². The van der Waals surface area contributed by atoms with Crippen LogP contribution in [0.3, 0.4) is 0 Å². The number of alkyl halides is 3. The first-order valence-corrected chi connectivity index (χ1v) is 9.21. The van der Waals surface area contributed by atoms with Crippen molar-refractivity contribution >= 4 is 41.3 Å². The third-order valence-corrected chi connectivity index (χ3v) is 4.51. The Kier molecular flexibility index (Phi) is 9.99. The molecule has 0 aliphatic heterocycles. The molecule has 0 aliphatic carbocycles. The van der Waals surface area contributed by atoms with Crippen LogP contribution in [0, 0.1) is 6.92 Å². The van der Waals surface area contributed by atoms with Crippen LogP contribution < -0.4 is 10.6 Å². The SMILES string of the molecule is CCNC(=NCCc1nc(C(F)(F)F)cs1)NCCc1ccncc1C.I. The molecule has 0 saturated heterocycles. The fourth-order valence-electron chi connectivity index (χ4n) is 2.26. The number of thiazole rings is 1. The summed E-state index contributed by atoms with van der Waals surface area (Å²) in [7, 11) is 0. The van der Waals surface area contributed by atoms with Crippen LogP contribution in [-0.4, -0.2) is 35.6 Å². The molecule has 0 atom stereocenters. The molecular weight excluding hydrogens is 490 g/mol. The maximum absolute atomic E-state index is 12.6. The molecule has 150 valence electrons. The van der Waals surface area contributed by atoms with Crippen molar-refractivity contribution in [2.75, 3.05) is 19.6 Å². The van der Waals surface area contributed by atoms with Gasteiger partial charge in [-0.3, -0.25) is 9.98 Å². The summed E-state index contributed by atoms with van der Waals surface area (Å²) in [5.74, 6) is 0.645. The molecule has 2 aromatic rings. The van der Waals surface area contributed by atoms with Gasteiger partial charge in [-0.05, 0) is 37.5 Å². The fourth-order valence-corrected chi connectivity index (χ4v) is 3.05. The average Bonchev–Trinajstić information content (AvgIpc) is 3.06. The largest absolute Gasteiger partial charge is 0.434 e. The van der Waals surface area contributed by atoms with Gasteiger partial charge in [0.15, 0.2) is 11.7 Å². The number of hydrogen-bond donors (Lipinski definition) is 2. The van der Waals surface area contributed by atoms with Crippen molar-refractivity contribution in [3.05, 3.63) is 45.7 Å². The minimum atomic E-state index is -4.39. The van der Waals surface area contributed by atoms with Crippen molar-refractivity contribution in [2.45, 2.75) is 32.9 Å². The molecule has 27 heavy (non-hydrogen) atoms. The molecule has 2 N–H and O–H groups in total. The van der Waals surface area contributed by atoms with Crippen molar-refractivity contribution in [1.29, 1.82) is 0 Å². The highest BCUT2D eigenvalue weighted by Crippen LogP contribution is 2.30. The molecule has 0 saturated carbocycles. The van der Waals surface area contributed by atoms with E-state index in [0.717, 1.165) is 28.7 Å². The van der Waals surface area contributed by atoms with Gasteiger partial charge in [-0.2, -0.15) is 13.2 Å². The quantitative estimate of drug-likeness (QED) is 0.336. The number of hydrogen-bond acceptors (Lipinski definition) is 4. The van der Waals surface area contributed by atoms with Crippen molar-refractivity contribution in [1.82, 2.24) is 20.6 Å². The number of nitrogens with one attached hydrogen (secondary N) is 2. The Morgan fingerprint density at radius 1 is 1.26 bits per heavy atom. The second-order valence-corrected chi connectivity index (χ2v) is 6.56. The predicted octanol–water partition coefficient (Wildman–Crippen LogP) is 3.82. The molecule has 2 aromatic heterocycles. The molecule has 0 amide bonds. The second-order valence-electron chi connectivity index (χ2n) is 5.61. The van der Waals surface area contributed by atoms with E-state index in [1.807, 2.05) is 26.1 Å². The minimum Gasteiger partial charge on any atom is -0.357 e. The van der Waals surface area contributed by atoms with Crippen LogP contribution >= 0.6 is 35.3 Å². The Labute approximate surface area is 177 Å².